The molecule has 0 atom stereocenters. The van der Waals surface area contributed by atoms with Crippen LogP contribution in [0.25, 0.3) is 0 Å². The lowest BCUT2D eigenvalue weighted by atomic mass is 10.1. The zero-order valence-electron chi connectivity index (χ0n) is 15.3. The molecule has 0 unspecified atom stereocenters. The number of alkyl halides is 2. The van der Waals surface area contributed by atoms with Gasteiger partial charge in [-0.2, -0.15) is 8.78 Å². The molecule has 0 aliphatic carbocycles. The zero-order valence-corrected chi connectivity index (χ0v) is 15.3. The summed E-state index contributed by atoms with van der Waals surface area (Å²) in [6.45, 7) is -1.20. The second kappa shape index (κ2) is 9.77. The van der Waals surface area contributed by atoms with Crippen molar-refractivity contribution in [2.24, 2.45) is 0 Å². The minimum atomic E-state index is -2.90. The van der Waals surface area contributed by atoms with Crippen molar-refractivity contribution in [3.63, 3.8) is 0 Å². The van der Waals surface area contributed by atoms with Gasteiger partial charge in [0.05, 0.1) is 0 Å². The Hall–Kier alpha value is -3.04. The molecule has 0 spiro atoms. The van der Waals surface area contributed by atoms with Gasteiger partial charge in [0, 0.05) is 13.1 Å². The highest BCUT2D eigenvalue weighted by molar-refractivity contribution is 6.45. The molecule has 1 aromatic rings. The van der Waals surface area contributed by atoms with Crippen LogP contribution in [0, 0.1) is 0 Å². The number of amides is 5. The van der Waals surface area contributed by atoms with Crippen molar-refractivity contribution in [1.82, 2.24) is 15.1 Å². The SMILES string of the molecule is CCCCN1C(=O)C(=O)N(CC(=O)NCCc2ccc(OC(F)F)cc2)C1=O. The number of benzene rings is 1. The molecule has 8 nitrogen and oxygen atoms in total. The van der Waals surface area contributed by atoms with Gasteiger partial charge in [0.1, 0.15) is 12.3 Å². The number of ether oxygens (including phenoxy) is 1. The van der Waals surface area contributed by atoms with E-state index in [2.05, 4.69) is 10.1 Å². The fraction of sp³-hybridized carbons (Fsp3) is 0.444. The lowest BCUT2D eigenvalue weighted by Gasteiger charge is -2.15. The maximum Gasteiger partial charge on any atom is 0.387 e. The summed E-state index contributed by atoms with van der Waals surface area (Å²) in [7, 11) is 0. The molecule has 5 amide bonds. The Balaban J connectivity index is 1.80. The van der Waals surface area contributed by atoms with Crippen LogP contribution in [0.15, 0.2) is 24.3 Å². The van der Waals surface area contributed by atoms with Crippen molar-refractivity contribution in [1.29, 1.82) is 0 Å². The maximum atomic E-state index is 12.1. The lowest BCUT2D eigenvalue weighted by Crippen LogP contribution is -2.42. The number of urea groups is 1. The van der Waals surface area contributed by atoms with Crippen LogP contribution < -0.4 is 10.1 Å². The minimum absolute atomic E-state index is 0.0335. The molecular weight excluding hydrogens is 376 g/mol. The van der Waals surface area contributed by atoms with E-state index >= 15 is 0 Å². The Labute approximate surface area is 160 Å². The smallest absolute Gasteiger partial charge is 0.387 e. The van der Waals surface area contributed by atoms with Gasteiger partial charge in [0.15, 0.2) is 0 Å². The number of hydrogen-bond donors (Lipinski definition) is 1. The summed E-state index contributed by atoms with van der Waals surface area (Å²) < 4.78 is 28.4. The van der Waals surface area contributed by atoms with Crippen LogP contribution >= 0.6 is 0 Å². The Morgan fingerprint density at radius 2 is 1.75 bits per heavy atom. The number of hydrogen-bond acceptors (Lipinski definition) is 5. The van der Waals surface area contributed by atoms with E-state index in [9.17, 15) is 28.0 Å². The van der Waals surface area contributed by atoms with E-state index in [0.29, 0.717) is 17.7 Å². The van der Waals surface area contributed by atoms with Crippen molar-refractivity contribution >= 4 is 23.8 Å². The zero-order chi connectivity index (χ0) is 20.7. The first kappa shape index (κ1) is 21.3. The lowest BCUT2D eigenvalue weighted by molar-refractivity contribution is -0.144. The number of carbonyl (C=O) groups excluding carboxylic acids is 4. The van der Waals surface area contributed by atoms with E-state index in [-0.39, 0.29) is 18.8 Å². The average molecular weight is 397 g/mol. The monoisotopic (exact) mass is 397 g/mol. The van der Waals surface area contributed by atoms with E-state index in [1.54, 1.807) is 12.1 Å². The molecule has 28 heavy (non-hydrogen) atoms. The van der Waals surface area contributed by atoms with Crippen LogP contribution in [0.4, 0.5) is 13.6 Å². The van der Waals surface area contributed by atoms with Gasteiger partial charge in [0.25, 0.3) is 0 Å². The summed E-state index contributed by atoms with van der Waals surface area (Å²) in [6, 6.07) is 5.17. The molecule has 2 rings (SSSR count). The Kier molecular flexibility index (Phi) is 7.42. The summed E-state index contributed by atoms with van der Waals surface area (Å²) >= 11 is 0. The van der Waals surface area contributed by atoms with Gasteiger partial charge in [-0.15, -0.1) is 0 Å². The van der Waals surface area contributed by atoms with E-state index in [4.69, 9.17) is 0 Å². The number of nitrogens with one attached hydrogen (secondary N) is 1. The van der Waals surface area contributed by atoms with Gasteiger partial charge in [-0.25, -0.2) is 9.69 Å². The third-order valence-corrected chi connectivity index (χ3v) is 4.06. The van der Waals surface area contributed by atoms with Gasteiger partial charge in [0.2, 0.25) is 5.91 Å². The van der Waals surface area contributed by atoms with Crippen molar-refractivity contribution in [3.05, 3.63) is 29.8 Å². The van der Waals surface area contributed by atoms with Crippen molar-refractivity contribution < 1.29 is 32.7 Å². The number of imide groups is 2. The van der Waals surface area contributed by atoms with E-state index in [1.165, 1.54) is 12.1 Å². The first-order chi connectivity index (χ1) is 13.3. The number of nitrogens with zero attached hydrogens (tertiary/aromatic N) is 2. The van der Waals surface area contributed by atoms with E-state index in [0.717, 1.165) is 16.9 Å². The van der Waals surface area contributed by atoms with Gasteiger partial charge in [-0.05, 0) is 30.5 Å². The third-order valence-electron chi connectivity index (χ3n) is 4.06. The molecule has 1 aliphatic rings. The molecule has 152 valence electrons. The number of unbranched alkanes of at least 4 members (excludes halogenated alkanes) is 1. The molecule has 1 aromatic carbocycles. The third kappa shape index (κ3) is 5.48. The van der Waals surface area contributed by atoms with Crippen LogP contribution in [0.2, 0.25) is 0 Å². The Bertz CT molecular complexity index is 739. The molecular formula is C18H21F2N3O5. The normalized spacial score (nSPS) is 14.2. The number of carbonyl (C=O) groups is 4. The highest BCUT2D eigenvalue weighted by Crippen LogP contribution is 2.15. The van der Waals surface area contributed by atoms with Crippen LogP contribution in [0.5, 0.6) is 5.75 Å². The first-order valence-electron chi connectivity index (χ1n) is 8.81. The fourth-order valence-corrected chi connectivity index (χ4v) is 2.59. The fourth-order valence-electron chi connectivity index (χ4n) is 2.59. The van der Waals surface area contributed by atoms with E-state index in [1.807, 2.05) is 6.92 Å². The largest absolute Gasteiger partial charge is 0.435 e. The molecule has 1 heterocycles. The molecule has 0 radical (unpaired) electrons. The quantitative estimate of drug-likeness (QED) is 0.477. The first-order valence-corrected chi connectivity index (χ1v) is 8.81. The van der Waals surface area contributed by atoms with Gasteiger partial charge in [-0.1, -0.05) is 25.5 Å². The van der Waals surface area contributed by atoms with Crippen LogP contribution in [-0.2, 0) is 20.8 Å². The van der Waals surface area contributed by atoms with Crippen molar-refractivity contribution in [3.8, 4) is 5.75 Å². The Morgan fingerprint density at radius 1 is 1.11 bits per heavy atom. The Morgan fingerprint density at radius 3 is 2.36 bits per heavy atom. The number of rotatable bonds is 10. The van der Waals surface area contributed by atoms with Crippen LogP contribution in [0.1, 0.15) is 25.3 Å². The summed E-state index contributed by atoms with van der Waals surface area (Å²) in [5.74, 6) is -2.47. The second-order valence-corrected chi connectivity index (χ2v) is 6.11. The topological polar surface area (TPSA) is 96.0 Å². The highest BCUT2D eigenvalue weighted by atomic mass is 19.3. The predicted molar refractivity (Wildman–Crippen MR) is 93.5 cm³/mol. The number of halogens is 2. The molecule has 1 saturated heterocycles. The molecule has 1 N–H and O–H groups in total. The predicted octanol–water partition coefficient (Wildman–Crippen LogP) is 1.54. The molecule has 0 aromatic heterocycles. The van der Waals surface area contributed by atoms with Crippen molar-refractivity contribution in [2.45, 2.75) is 32.8 Å². The minimum Gasteiger partial charge on any atom is -0.435 e. The molecule has 10 heteroatoms. The van der Waals surface area contributed by atoms with E-state index < -0.39 is 36.9 Å². The second-order valence-electron chi connectivity index (χ2n) is 6.11. The maximum absolute atomic E-state index is 12.1. The summed E-state index contributed by atoms with van der Waals surface area (Å²) in [5, 5.41) is 2.55. The van der Waals surface area contributed by atoms with Gasteiger partial charge in [-0.3, -0.25) is 19.3 Å². The molecule has 0 saturated carbocycles. The average Bonchev–Trinajstić information content (AvgIpc) is 2.84. The molecule has 1 fully saturated rings. The summed E-state index contributed by atoms with van der Waals surface area (Å²) in [5.41, 5.74) is 0.774. The van der Waals surface area contributed by atoms with Gasteiger partial charge >= 0.3 is 24.5 Å². The highest BCUT2D eigenvalue weighted by Gasteiger charge is 2.44. The molecule has 1 aliphatic heterocycles. The van der Waals surface area contributed by atoms with Crippen LogP contribution in [0.3, 0.4) is 0 Å². The van der Waals surface area contributed by atoms with Crippen LogP contribution in [-0.4, -0.2) is 59.8 Å². The summed E-state index contributed by atoms with van der Waals surface area (Å²) in [4.78, 5) is 49.3. The van der Waals surface area contributed by atoms with Gasteiger partial charge < -0.3 is 10.1 Å². The van der Waals surface area contributed by atoms with Crippen molar-refractivity contribution in [2.75, 3.05) is 19.6 Å². The molecule has 0 bridgehead atoms. The summed E-state index contributed by atoms with van der Waals surface area (Å²) in [6.07, 6.45) is 1.73. The standard InChI is InChI=1S/C18H21F2N3O5/c1-2-3-10-22-15(25)16(26)23(18(22)27)11-14(24)21-9-8-12-4-6-13(7-5-12)28-17(19)20/h4-7,17H,2-3,8-11H2,1H3,(H,21,24).